The van der Waals surface area contributed by atoms with Gasteiger partial charge in [0.2, 0.25) is 0 Å². The van der Waals surface area contributed by atoms with E-state index in [2.05, 4.69) is 10.2 Å². The highest BCUT2D eigenvalue weighted by molar-refractivity contribution is 5.88. The van der Waals surface area contributed by atoms with Crippen LogP contribution < -0.4 is 15.2 Å². The summed E-state index contributed by atoms with van der Waals surface area (Å²) < 4.78 is 10.5. The molecule has 1 aromatic heterocycles. The molecule has 0 unspecified atom stereocenters. The number of hydrogen-bond acceptors (Lipinski definition) is 4. The molecule has 0 saturated carbocycles. The number of anilines is 1. The number of nitrogens with two attached hydrogens (primary N) is 1. The third kappa shape index (κ3) is 2.48. The van der Waals surface area contributed by atoms with E-state index >= 15 is 0 Å². The van der Waals surface area contributed by atoms with Gasteiger partial charge in [-0.25, -0.2) is 0 Å². The van der Waals surface area contributed by atoms with Gasteiger partial charge in [0, 0.05) is 5.56 Å². The normalized spacial score (nSPS) is 10.5. The maximum absolute atomic E-state index is 6.05. The summed E-state index contributed by atoms with van der Waals surface area (Å²) >= 11 is 0. The Bertz CT molecular complexity index is 779. The Kier molecular flexibility index (Phi) is 3.70. The lowest BCUT2D eigenvalue weighted by atomic mass is 10.0. The van der Waals surface area contributed by atoms with Crippen molar-refractivity contribution in [2.75, 3.05) is 20.0 Å². The average Bonchev–Trinajstić information content (AvgIpc) is 2.96. The van der Waals surface area contributed by atoms with Crippen LogP contribution in [0.5, 0.6) is 11.5 Å². The van der Waals surface area contributed by atoms with Gasteiger partial charge in [-0.1, -0.05) is 12.1 Å². The van der Waals surface area contributed by atoms with Crippen molar-refractivity contribution in [1.82, 2.24) is 10.2 Å². The predicted octanol–water partition coefficient (Wildman–Crippen LogP) is 3.34. The zero-order valence-electron chi connectivity index (χ0n) is 12.5. The van der Waals surface area contributed by atoms with Crippen LogP contribution in [0.15, 0.2) is 48.5 Å². The first kappa shape index (κ1) is 14.0. The highest BCUT2D eigenvalue weighted by Crippen LogP contribution is 2.36. The number of nitrogens with one attached hydrogen (secondary N) is 1. The van der Waals surface area contributed by atoms with Gasteiger partial charge in [-0.3, -0.25) is 5.10 Å². The molecule has 0 fully saturated rings. The van der Waals surface area contributed by atoms with Crippen molar-refractivity contribution >= 4 is 5.82 Å². The quantitative estimate of drug-likeness (QED) is 0.774. The molecule has 3 N–H and O–H groups in total. The molecular weight excluding hydrogens is 278 g/mol. The number of hydrogen-bond donors (Lipinski definition) is 2. The van der Waals surface area contributed by atoms with Gasteiger partial charge in [0.05, 0.1) is 25.5 Å². The van der Waals surface area contributed by atoms with Crippen molar-refractivity contribution in [3.63, 3.8) is 0 Å². The largest absolute Gasteiger partial charge is 0.497 e. The fourth-order valence-corrected chi connectivity index (χ4v) is 2.39. The lowest BCUT2D eigenvalue weighted by Crippen LogP contribution is -1.90. The first-order chi connectivity index (χ1) is 10.7. The summed E-state index contributed by atoms with van der Waals surface area (Å²) in [7, 11) is 3.28. The first-order valence-electron chi connectivity index (χ1n) is 6.85. The smallest absolute Gasteiger partial charge is 0.153 e. The van der Waals surface area contributed by atoms with Crippen LogP contribution in [0.4, 0.5) is 5.82 Å². The molecule has 0 saturated heterocycles. The van der Waals surface area contributed by atoms with Crippen molar-refractivity contribution in [1.29, 1.82) is 0 Å². The molecule has 2 aromatic carbocycles. The summed E-state index contributed by atoms with van der Waals surface area (Å²) in [4.78, 5) is 0. The van der Waals surface area contributed by atoms with Crippen LogP contribution in [0.1, 0.15) is 0 Å². The third-order valence-corrected chi connectivity index (χ3v) is 3.53. The van der Waals surface area contributed by atoms with E-state index < -0.39 is 0 Å². The number of H-pyrrole nitrogens is 1. The van der Waals surface area contributed by atoms with Crippen LogP contribution in [0.2, 0.25) is 0 Å². The van der Waals surface area contributed by atoms with Crippen molar-refractivity contribution in [2.45, 2.75) is 0 Å². The second-order valence-electron chi connectivity index (χ2n) is 4.82. The fraction of sp³-hybridized carbons (Fsp3) is 0.118. The van der Waals surface area contributed by atoms with Crippen molar-refractivity contribution in [3.8, 4) is 33.9 Å². The van der Waals surface area contributed by atoms with Gasteiger partial charge < -0.3 is 15.2 Å². The molecule has 0 aliphatic rings. The molecule has 0 atom stereocenters. The van der Waals surface area contributed by atoms with Gasteiger partial charge in [0.15, 0.2) is 5.82 Å². The molecule has 3 aromatic rings. The topological polar surface area (TPSA) is 73.2 Å². The monoisotopic (exact) mass is 295 g/mol. The van der Waals surface area contributed by atoms with Crippen LogP contribution in [0.3, 0.4) is 0 Å². The Morgan fingerprint density at radius 1 is 0.909 bits per heavy atom. The summed E-state index contributed by atoms with van der Waals surface area (Å²) in [6, 6.07) is 15.5. The molecule has 1 heterocycles. The zero-order chi connectivity index (χ0) is 15.5. The number of aromatic nitrogens is 2. The van der Waals surface area contributed by atoms with E-state index in [0.717, 1.165) is 33.9 Å². The minimum atomic E-state index is 0.457. The van der Waals surface area contributed by atoms with E-state index in [1.165, 1.54) is 0 Å². The number of ether oxygens (including phenoxy) is 2. The van der Waals surface area contributed by atoms with Crippen molar-refractivity contribution in [3.05, 3.63) is 48.5 Å². The van der Waals surface area contributed by atoms with Gasteiger partial charge in [-0.05, 0) is 42.0 Å². The van der Waals surface area contributed by atoms with Crippen molar-refractivity contribution < 1.29 is 9.47 Å². The zero-order valence-corrected chi connectivity index (χ0v) is 12.5. The molecule has 3 rings (SSSR count). The molecule has 0 amide bonds. The first-order valence-corrected chi connectivity index (χ1v) is 6.85. The average molecular weight is 295 g/mol. The Morgan fingerprint density at radius 2 is 1.64 bits per heavy atom. The predicted molar refractivity (Wildman–Crippen MR) is 87.0 cm³/mol. The molecule has 0 aliphatic carbocycles. The SMILES string of the molecule is COc1ccc(-c2[nH]nc(N)c2-c2cccc(OC)c2)cc1. The van der Waals surface area contributed by atoms with E-state index in [1.807, 2.05) is 48.5 Å². The molecule has 112 valence electrons. The lowest BCUT2D eigenvalue weighted by Gasteiger charge is -2.07. The van der Waals surface area contributed by atoms with Gasteiger partial charge in [-0.2, -0.15) is 5.10 Å². The number of methoxy groups -OCH3 is 2. The number of nitrogen functional groups attached to an aromatic ring is 1. The second-order valence-corrected chi connectivity index (χ2v) is 4.82. The second kappa shape index (κ2) is 5.81. The maximum Gasteiger partial charge on any atom is 0.153 e. The van der Waals surface area contributed by atoms with Crippen molar-refractivity contribution in [2.24, 2.45) is 0 Å². The third-order valence-electron chi connectivity index (χ3n) is 3.53. The molecule has 5 heteroatoms. The van der Waals surface area contributed by atoms with E-state index in [4.69, 9.17) is 15.2 Å². The lowest BCUT2D eigenvalue weighted by molar-refractivity contribution is 0.415. The van der Waals surface area contributed by atoms with Crippen LogP contribution in [0.25, 0.3) is 22.4 Å². The van der Waals surface area contributed by atoms with Crippen LogP contribution in [0, 0.1) is 0 Å². The highest BCUT2D eigenvalue weighted by Gasteiger charge is 2.15. The number of aromatic amines is 1. The summed E-state index contributed by atoms with van der Waals surface area (Å²) in [5.74, 6) is 2.04. The Labute approximate surface area is 128 Å². The van der Waals surface area contributed by atoms with Crippen LogP contribution in [-0.2, 0) is 0 Å². The number of nitrogens with zero attached hydrogens (tertiary/aromatic N) is 1. The molecule has 0 aliphatic heterocycles. The molecule has 0 spiro atoms. The van der Waals surface area contributed by atoms with Gasteiger partial charge in [0.1, 0.15) is 11.5 Å². The Hall–Kier alpha value is -2.95. The molecule has 0 bridgehead atoms. The highest BCUT2D eigenvalue weighted by atomic mass is 16.5. The number of benzene rings is 2. The van der Waals surface area contributed by atoms with Crippen LogP contribution in [-0.4, -0.2) is 24.4 Å². The summed E-state index contributed by atoms with van der Waals surface area (Å²) in [5.41, 5.74) is 9.73. The Morgan fingerprint density at radius 3 is 2.32 bits per heavy atom. The molecular formula is C17H17N3O2. The summed E-state index contributed by atoms with van der Waals surface area (Å²) in [6.45, 7) is 0. The van der Waals surface area contributed by atoms with Gasteiger partial charge in [0.25, 0.3) is 0 Å². The van der Waals surface area contributed by atoms with Crippen LogP contribution >= 0.6 is 0 Å². The van der Waals surface area contributed by atoms with Gasteiger partial charge in [-0.15, -0.1) is 0 Å². The molecule has 22 heavy (non-hydrogen) atoms. The minimum Gasteiger partial charge on any atom is -0.497 e. The summed E-state index contributed by atoms with van der Waals surface area (Å²) in [6.07, 6.45) is 0. The number of rotatable bonds is 4. The fourth-order valence-electron chi connectivity index (χ4n) is 2.39. The van der Waals surface area contributed by atoms with E-state index in [-0.39, 0.29) is 0 Å². The van der Waals surface area contributed by atoms with E-state index in [1.54, 1.807) is 14.2 Å². The minimum absolute atomic E-state index is 0.457. The summed E-state index contributed by atoms with van der Waals surface area (Å²) in [5, 5.41) is 7.16. The molecule has 0 radical (unpaired) electrons. The maximum atomic E-state index is 6.05. The van der Waals surface area contributed by atoms with Gasteiger partial charge >= 0.3 is 0 Å². The van der Waals surface area contributed by atoms with E-state index in [0.29, 0.717) is 5.82 Å². The van der Waals surface area contributed by atoms with E-state index in [9.17, 15) is 0 Å². The standard InChI is InChI=1S/C17H17N3O2/c1-21-13-8-6-11(7-9-13)16-15(17(18)20-19-16)12-4-3-5-14(10-12)22-2/h3-10H,1-2H3,(H3,18,19,20). The molecule has 5 nitrogen and oxygen atoms in total. The Balaban J connectivity index is 2.10.